The van der Waals surface area contributed by atoms with E-state index >= 15 is 0 Å². The van der Waals surface area contributed by atoms with Crippen molar-refractivity contribution in [3.05, 3.63) is 57.5 Å². The van der Waals surface area contributed by atoms with E-state index < -0.39 is 17.5 Å². The number of hydrogen-bond donors (Lipinski definition) is 0. The molecule has 0 aliphatic heterocycles. The molecule has 0 aliphatic carbocycles. The minimum absolute atomic E-state index is 0.107. The molecule has 0 amide bonds. The van der Waals surface area contributed by atoms with Gasteiger partial charge in [-0.15, -0.1) is 0 Å². The molecule has 2 aromatic rings. The van der Waals surface area contributed by atoms with E-state index in [2.05, 4.69) is 0 Å². The number of para-hydroxylation sites is 2. The number of aromatic nitrogens is 1. The predicted octanol–water partition coefficient (Wildman–Crippen LogP) is 2.51. The summed E-state index contributed by atoms with van der Waals surface area (Å²) in [6.07, 6.45) is 0. The maximum absolute atomic E-state index is 13.0. The van der Waals surface area contributed by atoms with Crippen molar-refractivity contribution >= 4 is 11.9 Å². The monoisotopic (exact) mass is 359 g/mol. The number of rotatable bonds is 6. The molecule has 0 saturated carbocycles. The summed E-state index contributed by atoms with van der Waals surface area (Å²) < 4.78 is 16.6. The molecule has 0 fully saturated rings. The molecule has 2 rings (SSSR count). The van der Waals surface area contributed by atoms with Crippen molar-refractivity contribution in [1.82, 2.24) is 4.57 Å². The molecule has 0 aliphatic rings. The Morgan fingerprint density at radius 3 is 2.15 bits per heavy atom. The van der Waals surface area contributed by atoms with E-state index in [1.807, 2.05) is 0 Å². The summed E-state index contributed by atoms with van der Waals surface area (Å²) in [6, 6.07) is 8.05. The third kappa shape index (κ3) is 3.61. The van der Waals surface area contributed by atoms with Gasteiger partial charge in [-0.3, -0.25) is 9.36 Å². The number of nitrogens with zero attached hydrogens (tertiary/aromatic N) is 1. The van der Waals surface area contributed by atoms with Gasteiger partial charge in [0.1, 0.15) is 11.3 Å². The zero-order valence-corrected chi connectivity index (χ0v) is 15.2. The summed E-state index contributed by atoms with van der Waals surface area (Å²) in [7, 11) is 1.47. The number of hydrogen-bond acceptors (Lipinski definition) is 6. The maximum Gasteiger partial charge on any atom is 0.343 e. The Labute approximate surface area is 151 Å². The highest BCUT2D eigenvalue weighted by Crippen LogP contribution is 2.24. The molecule has 138 valence electrons. The molecule has 0 spiro atoms. The average Bonchev–Trinajstić information content (AvgIpc) is 2.62. The summed E-state index contributed by atoms with van der Waals surface area (Å²) in [6.45, 7) is 5.19. The largest absolute Gasteiger partial charge is 0.495 e. The fourth-order valence-corrected chi connectivity index (χ4v) is 2.58. The SMILES string of the molecule is CCOC(=O)c1cc(C(=O)OCC)c(=O)n(-c2ccccc2OC)c1C. The minimum Gasteiger partial charge on any atom is -0.495 e. The van der Waals surface area contributed by atoms with Gasteiger partial charge in [-0.2, -0.15) is 0 Å². The van der Waals surface area contributed by atoms with Crippen LogP contribution in [0.2, 0.25) is 0 Å². The Balaban J connectivity index is 2.83. The summed E-state index contributed by atoms with van der Waals surface area (Å²) in [4.78, 5) is 37.5. The van der Waals surface area contributed by atoms with E-state index in [9.17, 15) is 14.4 Å². The van der Waals surface area contributed by atoms with E-state index in [1.54, 1.807) is 45.0 Å². The Kier molecular flexibility index (Phi) is 6.16. The van der Waals surface area contributed by atoms with Gasteiger partial charge < -0.3 is 14.2 Å². The van der Waals surface area contributed by atoms with Crippen LogP contribution in [0.15, 0.2) is 35.1 Å². The van der Waals surface area contributed by atoms with Gasteiger partial charge in [-0.1, -0.05) is 12.1 Å². The van der Waals surface area contributed by atoms with Crippen molar-refractivity contribution in [1.29, 1.82) is 0 Å². The van der Waals surface area contributed by atoms with Gasteiger partial charge in [0.05, 0.1) is 31.6 Å². The Morgan fingerprint density at radius 2 is 1.58 bits per heavy atom. The summed E-state index contributed by atoms with van der Waals surface area (Å²) >= 11 is 0. The first kappa shape index (κ1) is 19.2. The lowest BCUT2D eigenvalue weighted by Crippen LogP contribution is -2.30. The average molecular weight is 359 g/mol. The fourth-order valence-electron chi connectivity index (χ4n) is 2.58. The van der Waals surface area contributed by atoms with Crippen molar-refractivity contribution < 1.29 is 23.8 Å². The Morgan fingerprint density at radius 1 is 1.00 bits per heavy atom. The lowest BCUT2D eigenvalue weighted by molar-refractivity contribution is 0.0522. The molecule has 1 aromatic heterocycles. The summed E-state index contributed by atoms with van der Waals surface area (Å²) in [5, 5.41) is 0. The molecular weight excluding hydrogens is 338 g/mol. The predicted molar refractivity (Wildman–Crippen MR) is 95.2 cm³/mol. The molecule has 1 aromatic carbocycles. The van der Waals surface area contributed by atoms with Crippen LogP contribution in [0, 0.1) is 6.92 Å². The number of esters is 2. The van der Waals surface area contributed by atoms with E-state index in [0.29, 0.717) is 17.1 Å². The molecule has 0 atom stereocenters. The minimum atomic E-state index is -0.799. The Hall–Kier alpha value is -3.09. The topological polar surface area (TPSA) is 83.8 Å². The third-order valence-electron chi connectivity index (χ3n) is 3.76. The molecule has 7 nitrogen and oxygen atoms in total. The van der Waals surface area contributed by atoms with Gasteiger partial charge in [-0.25, -0.2) is 9.59 Å². The van der Waals surface area contributed by atoms with E-state index in [0.717, 1.165) is 0 Å². The van der Waals surface area contributed by atoms with Gasteiger partial charge >= 0.3 is 11.9 Å². The summed E-state index contributed by atoms with van der Waals surface area (Å²) in [5.41, 5.74) is 0.0190. The summed E-state index contributed by atoms with van der Waals surface area (Å²) in [5.74, 6) is -1.00. The van der Waals surface area contributed by atoms with Crippen molar-refractivity contribution in [2.24, 2.45) is 0 Å². The Bertz CT molecular complexity index is 884. The molecule has 0 unspecified atom stereocenters. The lowest BCUT2D eigenvalue weighted by atomic mass is 10.1. The highest BCUT2D eigenvalue weighted by atomic mass is 16.5. The zero-order chi connectivity index (χ0) is 19.3. The highest BCUT2D eigenvalue weighted by molar-refractivity contribution is 5.96. The van der Waals surface area contributed by atoms with Gasteiger partial charge in [-0.05, 0) is 39.0 Å². The number of carbonyl (C=O) groups excluding carboxylic acids is 2. The second-order valence-corrected chi connectivity index (χ2v) is 5.31. The van der Waals surface area contributed by atoms with E-state index in [-0.39, 0.29) is 24.3 Å². The standard InChI is InChI=1S/C19H21NO6/c1-5-25-18(22)13-11-14(19(23)26-6-2)17(21)20(12(13)3)15-9-7-8-10-16(15)24-4/h7-11H,5-6H2,1-4H3. The number of benzene rings is 1. The number of ether oxygens (including phenoxy) is 3. The van der Waals surface area contributed by atoms with Crippen LogP contribution >= 0.6 is 0 Å². The van der Waals surface area contributed by atoms with E-state index in [4.69, 9.17) is 14.2 Å². The van der Waals surface area contributed by atoms with Crippen LogP contribution in [0.5, 0.6) is 5.75 Å². The molecule has 0 saturated heterocycles. The van der Waals surface area contributed by atoms with Crippen LogP contribution in [0.25, 0.3) is 5.69 Å². The van der Waals surface area contributed by atoms with Gasteiger partial charge in [0.2, 0.25) is 0 Å². The molecular formula is C19H21NO6. The van der Waals surface area contributed by atoms with Crippen molar-refractivity contribution in [2.45, 2.75) is 20.8 Å². The zero-order valence-electron chi connectivity index (χ0n) is 15.2. The van der Waals surface area contributed by atoms with Gasteiger partial charge in [0, 0.05) is 5.69 Å². The molecule has 7 heteroatoms. The molecule has 1 heterocycles. The van der Waals surface area contributed by atoms with Crippen LogP contribution in [-0.4, -0.2) is 36.8 Å². The third-order valence-corrected chi connectivity index (χ3v) is 3.76. The number of carbonyl (C=O) groups is 2. The first-order valence-electron chi connectivity index (χ1n) is 8.20. The molecule has 0 radical (unpaired) electrons. The molecule has 0 N–H and O–H groups in total. The molecule has 0 bridgehead atoms. The van der Waals surface area contributed by atoms with Gasteiger partial charge in [0.25, 0.3) is 5.56 Å². The number of pyridine rings is 1. The van der Waals surface area contributed by atoms with Crippen LogP contribution in [0.3, 0.4) is 0 Å². The second-order valence-electron chi connectivity index (χ2n) is 5.31. The number of methoxy groups -OCH3 is 1. The highest BCUT2D eigenvalue weighted by Gasteiger charge is 2.24. The van der Waals surface area contributed by atoms with Crippen molar-refractivity contribution in [2.75, 3.05) is 20.3 Å². The lowest BCUT2D eigenvalue weighted by Gasteiger charge is -2.17. The first-order valence-corrected chi connectivity index (χ1v) is 8.20. The normalized spacial score (nSPS) is 10.3. The van der Waals surface area contributed by atoms with Crippen LogP contribution in [0.1, 0.15) is 40.3 Å². The van der Waals surface area contributed by atoms with Crippen molar-refractivity contribution in [3.8, 4) is 11.4 Å². The second kappa shape index (κ2) is 8.33. The van der Waals surface area contributed by atoms with E-state index in [1.165, 1.54) is 17.7 Å². The van der Waals surface area contributed by atoms with Crippen LogP contribution in [-0.2, 0) is 9.47 Å². The maximum atomic E-state index is 13.0. The smallest absolute Gasteiger partial charge is 0.343 e. The van der Waals surface area contributed by atoms with Crippen molar-refractivity contribution in [3.63, 3.8) is 0 Å². The fraction of sp³-hybridized carbons (Fsp3) is 0.316. The quantitative estimate of drug-likeness (QED) is 0.737. The molecule has 26 heavy (non-hydrogen) atoms. The van der Waals surface area contributed by atoms with Crippen LogP contribution in [0.4, 0.5) is 0 Å². The first-order chi connectivity index (χ1) is 12.5. The van der Waals surface area contributed by atoms with Crippen LogP contribution < -0.4 is 10.3 Å². The van der Waals surface area contributed by atoms with Gasteiger partial charge in [0.15, 0.2) is 0 Å².